The lowest BCUT2D eigenvalue weighted by molar-refractivity contribution is 0.392. The van der Waals surface area contributed by atoms with E-state index >= 15 is 0 Å². The summed E-state index contributed by atoms with van der Waals surface area (Å²) in [7, 11) is 0. The fraction of sp³-hybridized carbons (Fsp3) is 0.222. The van der Waals surface area contributed by atoms with Crippen molar-refractivity contribution in [2.45, 2.75) is 45.4 Å². The summed E-state index contributed by atoms with van der Waals surface area (Å²) in [4.78, 5) is 0. The lowest BCUT2D eigenvalue weighted by Gasteiger charge is -2.38. The van der Waals surface area contributed by atoms with Crippen LogP contribution in [0.3, 0.4) is 0 Å². The molecule has 36 heavy (non-hydrogen) atoms. The van der Waals surface area contributed by atoms with Gasteiger partial charge in [0.2, 0.25) is 0 Å². The first kappa shape index (κ1) is 22.8. The Morgan fingerprint density at radius 1 is 0.583 bits per heavy atom. The monoisotopic (exact) mass is 466 g/mol. The van der Waals surface area contributed by atoms with Crippen molar-refractivity contribution in [3.8, 4) is 0 Å². The molecular formula is C36H34. The van der Waals surface area contributed by atoms with Crippen LogP contribution in [-0.4, -0.2) is 0 Å². The van der Waals surface area contributed by atoms with Crippen LogP contribution in [0.4, 0.5) is 0 Å². The van der Waals surface area contributed by atoms with E-state index < -0.39 is 0 Å². The van der Waals surface area contributed by atoms with Gasteiger partial charge < -0.3 is 0 Å². The van der Waals surface area contributed by atoms with Crippen molar-refractivity contribution >= 4 is 16.7 Å². The molecule has 0 bridgehead atoms. The second-order valence-corrected chi connectivity index (χ2v) is 10.2. The summed E-state index contributed by atoms with van der Waals surface area (Å²) < 4.78 is 0. The highest BCUT2D eigenvalue weighted by molar-refractivity contribution is 6.22. The van der Waals surface area contributed by atoms with Gasteiger partial charge in [-0.3, -0.25) is 0 Å². The maximum atomic E-state index is 2.39. The molecule has 0 fully saturated rings. The lowest BCUT2D eigenvalue weighted by Crippen LogP contribution is -2.27. The smallest absolute Gasteiger partial charge is 0.0292 e. The van der Waals surface area contributed by atoms with Crippen molar-refractivity contribution in [2.24, 2.45) is 5.41 Å². The predicted molar refractivity (Wildman–Crippen MR) is 154 cm³/mol. The van der Waals surface area contributed by atoms with Crippen molar-refractivity contribution in [3.05, 3.63) is 149 Å². The summed E-state index contributed by atoms with van der Waals surface area (Å²) in [5.41, 5.74) is 13.1. The second kappa shape index (κ2) is 9.43. The number of hydrogen-bond acceptors (Lipinski definition) is 0. The number of rotatable bonds is 7. The second-order valence-electron chi connectivity index (χ2n) is 10.2. The van der Waals surface area contributed by atoms with Gasteiger partial charge in [0.05, 0.1) is 0 Å². The van der Waals surface area contributed by atoms with E-state index in [4.69, 9.17) is 0 Å². The van der Waals surface area contributed by atoms with E-state index in [1.165, 1.54) is 39.0 Å². The van der Waals surface area contributed by atoms with Gasteiger partial charge >= 0.3 is 0 Å². The van der Waals surface area contributed by atoms with E-state index in [1.807, 2.05) is 0 Å². The molecule has 0 heteroatoms. The van der Waals surface area contributed by atoms with Crippen molar-refractivity contribution < 1.29 is 0 Å². The van der Waals surface area contributed by atoms with E-state index in [9.17, 15) is 0 Å². The van der Waals surface area contributed by atoms with Crippen molar-refractivity contribution in [1.82, 2.24) is 0 Å². The first-order chi connectivity index (χ1) is 17.8. The van der Waals surface area contributed by atoms with Crippen LogP contribution in [0.2, 0.25) is 0 Å². The Hall–Kier alpha value is -3.64. The van der Waals surface area contributed by atoms with Crippen LogP contribution < -0.4 is 0 Å². The summed E-state index contributed by atoms with van der Waals surface area (Å²) in [6, 6.07) is 42.9. The Morgan fingerprint density at radius 3 is 1.75 bits per heavy atom. The van der Waals surface area contributed by atoms with Gasteiger partial charge in [0, 0.05) is 11.3 Å². The van der Waals surface area contributed by atoms with Gasteiger partial charge in [-0.2, -0.15) is 0 Å². The minimum Gasteiger partial charge on any atom is -0.0653 e. The molecule has 0 unspecified atom stereocenters. The standard InChI is InChI=1S/C36H34/c1-3-16-31-32(26-17-8-5-9-18-26)33(27-19-10-6-11-20-27)35-30-24-15-14-23-29(30)34(36(31,35)25-4-2)28-21-12-7-13-22-28/h5-15,17-24,34H,3-4,16,25H2,1-2H3/t34-,36-/m1/s1. The maximum Gasteiger partial charge on any atom is 0.0292 e. The number of benzene rings is 4. The van der Waals surface area contributed by atoms with Crippen molar-refractivity contribution in [2.75, 3.05) is 0 Å². The fourth-order valence-electron chi connectivity index (χ4n) is 7.15. The van der Waals surface area contributed by atoms with Gasteiger partial charge in [-0.15, -0.1) is 0 Å². The lowest BCUT2D eigenvalue weighted by atomic mass is 9.63. The van der Waals surface area contributed by atoms with Crippen molar-refractivity contribution in [1.29, 1.82) is 0 Å². The molecule has 0 saturated heterocycles. The normalized spacial score (nSPS) is 20.6. The minimum absolute atomic E-state index is 0.0356. The third kappa shape index (κ3) is 3.35. The Kier molecular flexibility index (Phi) is 5.97. The van der Waals surface area contributed by atoms with Crippen molar-refractivity contribution in [3.63, 3.8) is 0 Å². The highest BCUT2D eigenvalue weighted by Gasteiger charge is 2.56. The first-order valence-electron chi connectivity index (χ1n) is 13.5. The van der Waals surface area contributed by atoms with Crippen LogP contribution >= 0.6 is 0 Å². The SMILES string of the molecule is CCCC1=C(c2ccccc2)C(c2ccccc2)=C2c3ccccc3[C@@H](c3ccccc3)[C@@]12CCC. The average Bonchev–Trinajstić information content (AvgIpc) is 3.37. The topological polar surface area (TPSA) is 0 Å². The van der Waals surface area contributed by atoms with E-state index in [0.29, 0.717) is 5.92 Å². The van der Waals surface area contributed by atoms with Crippen LogP contribution in [0.5, 0.6) is 0 Å². The molecule has 2 aliphatic carbocycles. The largest absolute Gasteiger partial charge is 0.0653 e. The Balaban J connectivity index is 1.79. The van der Waals surface area contributed by atoms with Gasteiger partial charge in [0.25, 0.3) is 0 Å². The molecule has 0 spiro atoms. The molecular weight excluding hydrogens is 432 g/mol. The Bertz CT molecular complexity index is 1420. The number of fused-ring (bicyclic) bond motifs is 3. The highest BCUT2D eigenvalue weighted by Crippen LogP contribution is 2.71. The van der Waals surface area contributed by atoms with E-state index in [2.05, 4.69) is 129 Å². The third-order valence-electron chi connectivity index (χ3n) is 8.22. The van der Waals surface area contributed by atoms with Crippen LogP contribution in [0.25, 0.3) is 16.7 Å². The molecule has 0 aliphatic heterocycles. The Morgan fingerprint density at radius 2 is 1.14 bits per heavy atom. The van der Waals surface area contributed by atoms with Gasteiger partial charge in [0.15, 0.2) is 0 Å². The molecule has 4 aromatic rings. The average molecular weight is 467 g/mol. The zero-order valence-electron chi connectivity index (χ0n) is 21.4. The minimum atomic E-state index is -0.0356. The van der Waals surface area contributed by atoms with E-state index in [0.717, 1.165) is 25.7 Å². The van der Waals surface area contributed by atoms with E-state index in [-0.39, 0.29) is 5.41 Å². The quantitative estimate of drug-likeness (QED) is 0.254. The Labute approximate surface area is 216 Å². The summed E-state index contributed by atoms with van der Waals surface area (Å²) in [6.07, 6.45) is 4.56. The van der Waals surface area contributed by atoms with Gasteiger partial charge in [-0.05, 0) is 57.4 Å². The summed E-state index contributed by atoms with van der Waals surface area (Å²) in [5.74, 6) is 0.325. The summed E-state index contributed by atoms with van der Waals surface area (Å²) >= 11 is 0. The number of allylic oxidation sites excluding steroid dienone is 4. The zero-order valence-corrected chi connectivity index (χ0v) is 21.4. The van der Waals surface area contributed by atoms with Gasteiger partial charge in [0.1, 0.15) is 0 Å². The molecule has 0 radical (unpaired) electrons. The first-order valence-corrected chi connectivity index (χ1v) is 13.5. The van der Waals surface area contributed by atoms with Crippen LogP contribution in [0.15, 0.2) is 121 Å². The molecule has 4 aromatic carbocycles. The molecule has 0 N–H and O–H groups in total. The fourth-order valence-corrected chi connectivity index (χ4v) is 7.15. The molecule has 0 nitrogen and oxygen atoms in total. The van der Waals surface area contributed by atoms with Crippen LogP contribution in [0.1, 0.15) is 73.3 Å². The van der Waals surface area contributed by atoms with Gasteiger partial charge in [-0.25, -0.2) is 0 Å². The van der Waals surface area contributed by atoms with E-state index in [1.54, 1.807) is 11.1 Å². The molecule has 0 amide bonds. The molecule has 178 valence electrons. The molecule has 0 saturated carbocycles. The third-order valence-corrected chi connectivity index (χ3v) is 8.22. The van der Waals surface area contributed by atoms with Crippen LogP contribution in [0, 0.1) is 5.41 Å². The molecule has 0 heterocycles. The zero-order chi connectivity index (χ0) is 24.5. The highest BCUT2D eigenvalue weighted by atomic mass is 14.6. The molecule has 2 aliphatic rings. The van der Waals surface area contributed by atoms with Crippen LogP contribution in [-0.2, 0) is 0 Å². The molecule has 2 atom stereocenters. The molecule has 0 aromatic heterocycles. The van der Waals surface area contributed by atoms with Gasteiger partial charge in [-0.1, -0.05) is 148 Å². The summed E-state index contributed by atoms with van der Waals surface area (Å²) in [5, 5.41) is 0. The molecule has 6 rings (SSSR count). The maximum absolute atomic E-state index is 2.39. The number of hydrogen-bond donors (Lipinski definition) is 0. The summed E-state index contributed by atoms with van der Waals surface area (Å²) in [6.45, 7) is 4.71. The predicted octanol–water partition coefficient (Wildman–Crippen LogP) is 9.80.